The lowest BCUT2D eigenvalue weighted by Crippen LogP contribution is -2.37. The summed E-state index contributed by atoms with van der Waals surface area (Å²) >= 11 is 0. The maximum Gasteiger partial charge on any atom is 0.389 e. The van der Waals surface area contributed by atoms with Crippen molar-refractivity contribution in [3.05, 3.63) is 29.8 Å². The molecule has 112 valence electrons. The first-order chi connectivity index (χ1) is 9.20. The minimum Gasteiger partial charge on any atom is -0.398 e. The molecule has 0 spiro atoms. The van der Waals surface area contributed by atoms with Crippen LogP contribution in [0, 0.1) is 0 Å². The van der Waals surface area contributed by atoms with E-state index in [-0.39, 0.29) is 12.6 Å². The Labute approximate surface area is 116 Å². The van der Waals surface area contributed by atoms with Crippen molar-refractivity contribution in [2.24, 2.45) is 0 Å². The van der Waals surface area contributed by atoms with Crippen LogP contribution in [0.15, 0.2) is 24.3 Å². The molecule has 3 nitrogen and oxygen atoms in total. The van der Waals surface area contributed by atoms with Crippen LogP contribution in [0.5, 0.6) is 0 Å². The molecule has 0 radical (unpaired) electrons. The van der Waals surface area contributed by atoms with E-state index in [9.17, 15) is 18.0 Å². The second-order valence-electron chi connectivity index (χ2n) is 4.93. The van der Waals surface area contributed by atoms with Gasteiger partial charge in [-0.1, -0.05) is 18.2 Å². The van der Waals surface area contributed by atoms with Crippen molar-refractivity contribution < 1.29 is 18.0 Å². The number of carbonyl (C=O) groups is 1. The van der Waals surface area contributed by atoms with E-state index in [1.165, 1.54) is 4.90 Å². The lowest BCUT2D eigenvalue weighted by atomic mass is 10.1. The van der Waals surface area contributed by atoms with Crippen molar-refractivity contribution in [2.45, 2.75) is 45.5 Å². The first-order valence-corrected chi connectivity index (χ1v) is 6.40. The number of nitrogens with zero attached hydrogens (tertiary/aromatic N) is 1. The average Bonchev–Trinajstić information content (AvgIpc) is 2.33. The van der Waals surface area contributed by atoms with Gasteiger partial charge in [-0.2, -0.15) is 13.2 Å². The molecule has 0 bridgehead atoms. The summed E-state index contributed by atoms with van der Waals surface area (Å²) in [6, 6.07) is 6.83. The lowest BCUT2D eigenvalue weighted by molar-refractivity contribution is -0.150. The van der Waals surface area contributed by atoms with E-state index in [2.05, 4.69) is 0 Å². The van der Waals surface area contributed by atoms with Crippen LogP contribution in [0.3, 0.4) is 0 Å². The SMILES string of the molecule is CC(C)N(Cc1ccccc1N)C(=O)CCC(F)(F)F. The highest BCUT2D eigenvalue weighted by atomic mass is 19.4. The predicted molar refractivity (Wildman–Crippen MR) is 71.8 cm³/mol. The number of anilines is 1. The van der Waals surface area contributed by atoms with Crippen LogP contribution >= 0.6 is 0 Å². The van der Waals surface area contributed by atoms with Crippen molar-refractivity contribution in [2.75, 3.05) is 5.73 Å². The van der Waals surface area contributed by atoms with Gasteiger partial charge >= 0.3 is 6.18 Å². The van der Waals surface area contributed by atoms with Gasteiger partial charge in [0.25, 0.3) is 0 Å². The van der Waals surface area contributed by atoms with E-state index in [4.69, 9.17) is 5.73 Å². The summed E-state index contributed by atoms with van der Waals surface area (Å²) in [5.74, 6) is -0.513. The number of rotatable bonds is 5. The minimum atomic E-state index is -4.32. The van der Waals surface area contributed by atoms with Gasteiger partial charge in [0.2, 0.25) is 5.91 Å². The number of hydrogen-bond acceptors (Lipinski definition) is 2. The van der Waals surface area contributed by atoms with Crippen molar-refractivity contribution in [1.82, 2.24) is 4.90 Å². The summed E-state index contributed by atoms with van der Waals surface area (Å²) in [6.45, 7) is 3.76. The molecule has 1 amide bonds. The number of halogens is 3. The summed E-state index contributed by atoms with van der Waals surface area (Å²) in [6.07, 6.45) is -5.95. The summed E-state index contributed by atoms with van der Waals surface area (Å²) in [4.78, 5) is 13.3. The smallest absolute Gasteiger partial charge is 0.389 e. The molecule has 0 saturated heterocycles. The number of hydrogen-bond donors (Lipinski definition) is 1. The molecule has 0 fully saturated rings. The topological polar surface area (TPSA) is 46.3 Å². The van der Waals surface area contributed by atoms with E-state index >= 15 is 0 Å². The van der Waals surface area contributed by atoms with Gasteiger partial charge in [0.1, 0.15) is 0 Å². The number of amides is 1. The Morgan fingerprint density at radius 3 is 2.40 bits per heavy atom. The Hall–Kier alpha value is -1.72. The van der Waals surface area contributed by atoms with Crippen LogP contribution in [0.1, 0.15) is 32.3 Å². The third-order valence-electron chi connectivity index (χ3n) is 2.96. The Morgan fingerprint density at radius 1 is 1.30 bits per heavy atom. The molecule has 0 aliphatic heterocycles. The Kier molecular flexibility index (Phi) is 5.42. The number of benzene rings is 1. The zero-order valence-electron chi connectivity index (χ0n) is 11.6. The van der Waals surface area contributed by atoms with E-state index in [1.807, 2.05) is 0 Å². The quantitative estimate of drug-likeness (QED) is 0.845. The van der Waals surface area contributed by atoms with Crippen LogP contribution in [0.4, 0.5) is 18.9 Å². The second-order valence-corrected chi connectivity index (χ2v) is 4.93. The van der Waals surface area contributed by atoms with Crippen LogP contribution in [0.25, 0.3) is 0 Å². The van der Waals surface area contributed by atoms with Crippen molar-refractivity contribution in [3.63, 3.8) is 0 Å². The summed E-state index contributed by atoms with van der Waals surface area (Å²) in [5.41, 5.74) is 7.06. The monoisotopic (exact) mass is 288 g/mol. The number of nitrogens with two attached hydrogens (primary N) is 1. The number of nitrogen functional groups attached to an aromatic ring is 1. The first-order valence-electron chi connectivity index (χ1n) is 6.40. The van der Waals surface area contributed by atoms with Crippen LogP contribution in [0.2, 0.25) is 0 Å². The Morgan fingerprint density at radius 2 is 1.90 bits per heavy atom. The van der Waals surface area contributed by atoms with E-state index in [1.54, 1.807) is 38.1 Å². The number of para-hydroxylation sites is 1. The minimum absolute atomic E-state index is 0.185. The lowest BCUT2D eigenvalue weighted by Gasteiger charge is -2.27. The molecular formula is C14H19F3N2O. The number of alkyl halides is 3. The largest absolute Gasteiger partial charge is 0.398 e. The summed E-state index contributed by atoms with van der Waals surface area (Å²) < 4.78 is 36.5. The van der Waals surface area contributed by atoms with Crippen molar-refractivity contribution in [3.8, 4) is 0 Å². The van der Waals surface area contributed by atoms with Gasteiger partial charge in [-0.3, -0.25) is 4.79 Å². The highest BCUT2D eigenvalue weighted by molar-refractivity contribution is 5.76. The normalized spacial score (nSPS) is 11.7. The molecule has 1 aromatic rings. The molecule has 20 heavy (non-hydrogen) atoms. The maximum absolute atomic E-state index is 12.2. The molecule has 1 aromatic carbocycles. The zero-order chi connectivity index (χ0) is 15.3. The molecular weight excluding hydrogens is 269 g/mol. The van der Waals surface area contributed by atoms with Gasteiger partial charge < -0.3 is 10.6 Å². The number of carbonyl (C=O) groups excluding carboxylic acids is 1. The van der Waals surface area contributed by atoms with Gasteiger partial charge in [0.05, 0.1) is 6.42 Å². The van der Waals surface area contributed by atoms with Crippen LogP contribution in [-0.4, -0.2) is 23.0 Å². The van der Waals surface area contributed by atoms with E-state index in [0.717, 1.165) is 5.56 Å². The molecule has 0 atom stereocenters. The molecule has 2 N–H and O–H groups in total. The molecule has 0 saturated carbocycles. The van der Waals surface area contributed by atoms with Crippen LogP contribution in [-0.2, 0) is 11.3 Å². The van der Waals surface area contributed by atoms with E-state index < -0.39 is 24.9 Å². The second kappa shape index (κ2) is 6.63. The molecule has 1 rings (SSSR count). The van der Waals surface area contributed by atoms with Gasteiger partial charge in [-0.25, -0.2) is 0 Å². The molecule has 0 aromatic heterocycles. The molecule has 0 aliphatic carbocycles. The molecule has 6 heteroatoms. The molecule has 0 unspecified atom stereocenters. The third kappa shape index (κ3) is 5.11. The maximum atomic E-state index is 12.2. The van der Waals surface area contributed by atoms with Gasteiger partial charge in [0, 0.05) is 24.7 Å². The summed E-state index contributed by atoms with van der Waals surface area (Å²) in [5, 5.41) is 0. The Bertz CT molecular complexity index is 458. The summed E-state index contributed by atoms with van der Waals surface area (Å²) in [7, 11) is 0. The standard InChI is InChI=1S/C14H19F3N2O/c1-10(2)19(13(20)7-8-14(15,16)17)9-11-5-3-4-6-12(11)18/h3-6,10H,7-9,18H2,1-2H3. The van der Waals surface area contributed by atoms with Crippen molar-refractivity contribution >= 4 is 11.6 Å². The highest BCUT2D eigenvalue weighted by Gasteiger charge is 2.29. The van der Waals surface area contributed by atoms with E-state index in [0.29, 0.717) is 5.69 Å². The average molecular weight is 288 g/mol. The fourth-order valence-electron chi connectivity index (χ4n) is 1.81. The molecule has 0 aliphatic rings. The fraction of sp³-hybridized carbons (Fsp3) is 0.500. The van der Waals surface area contributed by atoms with Crippen LogP contribution < -0.4 is 5.73 Å². The Balaban J connectivity index is 2.75. The van der Waals surface area contributed by atoms with Gasteiger partial charge in [0.15, 0.2) is 0 Å². The van der Waals surface area contributed by atoms with Gasteiger partial charge in [-0.05, 0) is 25.5 Å². The zero-order valence-corrected chi connectivity index (χ0v) is 11.6. The van der Waals surface area contributed by atoms with Crippen molar-refractivity contribution in [1.29, 1.82) is 0 Å². The predicted octanol–water partition coefficient (Wildman–Crippen LogP) is 3.35. The fourth-order valence-corrected chi connectivity index (χ4v) is 1.81. The first kappa shape index (κ1) is 16.3. The molecule has 0 heterocycles. The highest BCUT2D eigenvalue weighted by Crippen LogP contribution is 2.23. The third-order valence-corrected chi connectivity index (χ3v) is 2.96. The van der Waals surface area contributed by atoms with Gasteiger partial charge in [-0.15, -0.1) is 0 Å².